The molecule has 1 heterocycles. The Morgan fingerprint density at radius 1 is 1.29 bits per heavy atom. The number of esters is 1. The molecule has 3 rings (SSSR count). The number of benzene rings is 2. The fraction of sp³-hybridized carbons (Fsp3) is 0.200. The van der Waals surface area contributed by atoms with E-state index in [2.05, 4.69) is 26.7 Å². The third-order valence-corrected chi connectivity index (χ3v) is 5.12. The molecule has 0 aliphatic heterocycles. The third kappa shape index (κ3) is 5.15. The molecule has 0 unspecified atom stereocenters. The van der Waals surface area contributed by atoms with E-state index in [1.54, 1.807) is 6.07 Å². The number of nitrogens with zero attached hydrogens (tertiary/aromatic N) is 4. The standard InChI is InChI=1S/C20H19ClN4O2S/c1-3-25(12-11-19(26)27-4-2)16-8-6-15(7-9-16)23-24-20-22-17-10-5-14(21)13-18(17)28-20/h4-10,13H,2-3,11-12H2,1H3. The number of anilines is 1. The predicted octanol–water partition coefficient (Wildman–Crippen LogP) is 6.27. The lowest BCUT2D eigenvalue weighted by Crippen LogP contribution is -2.25. The highest BCUT2D eigenvalue weighted by molar-refractivity contribution is 7.21. The number of halogens is 1. The number of azo groups is 1. The Labute approximate surface area is 172 Å². The van der Waals surface area contributed by atoms with Crippen LogP contribution in [0.4, 0.5) is 16.5 Å². The summed E-state index contributed by atoms with van der Waals surface area (Å²) in [6, 6.07) is 13.2. The number of carbonyl (C=O) groups is 1. The smallest absolute Gasteiger partial charge is 0.312 e. The van der Waals surface area contributed by atoms with Crippen LogP contribution in [-0.4, -0.2) is 24.0 Å². The molecule has 0 aliphatic carbocycles. The molecule has 28 heavy (non-hydrogen) atoms. The monoisotopic (exact) mass is 414 g/mol. The van der Waals surface area contributed by atoms with E-state index in [0.29, 0.717) is 23.1 Å². The first-order chi connectivity index (χ1) is 13.6. The Morgan fingerprint density at radius 3 is 2.79 bits per heavy atom. The molecule has 0 N–H and O–H groups in total. The lowest BCUT2D eigenvalue weighted by Gasteiger charge is -2.22. The zero-order valence-electron chi connectivity index (χ0n) is 15.3. The second kappa shape index (κ2) is 9.43. The summed E-state index contributed by atoms with van der Waals surface area (Å²) in [6.45, 7) is 6.76. The normalized spacial score (nSPS) is 11.1. The largest absolute Gasteiger partial charge is 0.435 e. The van der Waals surface area contributed by atoms with Gasteiger partial charge >= 0.3 is 5.97 Å². The van der Waals surface area contributed by atoms with Crippen molar-refractivity contribution >= 4 is 55.6 Å². The molecule has 0 amide bonds. The molecule has 0 aliphatic rings. The van der Waals surface area contributed by atoms with Crippen molar-refractivity contribution in [1.29, 1.82) is 0 Å². The number of rotatable bonds is 8. The lowest BCUT2D eigenvalue weighted by molar-refractivity contribution is -0.137. The molecule has 0 spiro atoms. The van der Waals surface area contributed by atoms with E-state index >= 15 is 0 Å². The van der Waals surface area contributed by atoms with Gasteiger partial charge in [-0.2, -0.15) is 0 Å². The molecule has 1 aromatic heterocycles. The molecule has 0 fully saturated rings. The first kappa shape index (κ1) is 20.0. The van der Waals surface area contributed by atoms with Crippen LogP contribution in [0, 0.1) is 0 Å². The molecular formula is C20H19ClN4O2S. The second-order valence-electron chi connectivity index (χ2n) is 5.81. The average Bonchev–Trinajstić information content (AvgIpc) is 3.10. The summed E-state index contributed by atoms with van der Waals surface area (Å²) >= 11 is 7.44. The first-order valence-corrected chi connectivity index (χ1v) is 9.91. The summed E-state index contributed by atoms with van der Waals surface area (Å²) in [5, 5.41) is 9.73. The van der Waals surface area contributed by atoms with Crippen LogP contribution >= 0.6 is 22.9 Å². The average molecular weight is 415 g/mol. The van der Waals surface area contributed by atoms with Crippen LogP contribution < -0.4 is 4.90 Å². The van der Waals surface area contributed by atoms with Crippen molar-refractivity contribution in [3.8, 4) is 0 Å². The minimum atomic E-state index is -0.295. The van der Waals surface area contributed by atoms with Gasteiger partial charge in [0, 0.05) is 23.8 Å². The van der Waals surface area contributed by atoms with Crippen molar-refractivity contribution in [1.82, 2.24) is 4.98 Å². The quantitative estimate of drug-likeness (QED) is 0.247. The lowest BCUT2D eigenvalue weighted by atomic mass is 10.2. The number of thiazole rings is 1. The molecule has 0 saturated carbocycles. The summed E-state index contributed by atoms with van der Waals surface area (Å²) in [7, 11) is 0. The maximum absolute atomic E-state index is 11.5. The van der Waals surface area contributed by atoms with Gasteiger partial charge in [0.25, 0.3) is 0 Å². The molecule has 0 saturated heterocycles. The highest BCUT2D eigenvalue weighted by Gasteiger charge is 2.08. The topological polar surface area (TPSA) is 67.2 Å². The van der Waals surface area contributed by atoms with Crippen molar-refractivity contribution in [3.05, 3.63) is 60.3 Å². The van der Waals surface area contributed by atoms with Crippen LogP contribution in [0.25, 0.3) is 10.2 Å². The molecule has 8 heteroatoms. The van der Waals surface area contributed by atoms with Gasteiger partial charge in [-0.1, -0.05) is 29.5 Å². The second-order valence-corrected chi connectivity index (χ2v) is 7.26. The highest BCUT2D eigenvalue weighted by atomic mass is 35.5. The molecule has 0 radical (unpaired) electrons. The maximum atomic E-state index is 11.5. The van der Waals surface area contributed by atoms with Gasteiger partial charge in [-0.15, -0.1) is 10.2 Å². The number of ether oxygens (including phenoxy) is 1. The summed E-state index contributed by atoms with van der Waals surface area (Å²) in [4.78, 5) is 18.0. The molecule has 0 bridgehead atoms. The Hall–Kier alpha value is -2.77. The number of carbonyl (C=O) groups excluding carboxylic acids is 1. The van der Waals surface area contributed by atoms with E-state index in [-0.39, 0.29) is 5.97 Å². The fourth-order valence-electron chi connectivity index (χ4n) is 2.61. The van der Waals surface area contributed by atoms with Gasteiger partial charge in [-0.3, -0.25) is 4.79 Å². The van der Waals surface area contributed by atoms with E-state index < -0.39 is 0 Å². The SMILES string of the molecule is C=COC(=O)CCN(CC)c1ccc(N=Nc2nc3ccc(Cl)cc3s2)cc1. The molecule has 3 aromatic rings. The van der Waals surface area contributed by atoms with Crippen LogP contribution in [0.5, 0.6) is 0 Å². The van der Waals surface area contributed by atoms with Crippen LogP contribution in [0.1, 0.15) is 13.3 Å². The summed E-state index contributed by atoms with van der Waals surface area (Å²) in [6.07, 6.45) is 1.45. The van der Waals surface area contributed by atoms with Crippen molar-refractivity contribution in [3.63, 3.8) is 0 Å². The molecular weight excluding hydrogens is 396 g/mol. The van der Waals surface area contributed by atoms with Crippen LogP contribution in [0.15, 0.2) is 65.5 Å². The number of hydrogen-bond acceptors (Lipinski definition) is 7. The van der Waals surface area contributed by atoms with Crippen LogP contribution in [-0.2, 0) is 9.53 Å². The summed E-state index contributed by atoms with van der Waals surface area (Å²) in [5.41, 5.74) is 2.58. The Morgan fingerprint density at radius 2 is 2.07 bits per heavy atom. The number of fused-ring (bicyclic) bond motifs is 1. The summed E-state index contributed by atoms with van der Waals surface area (Å²) < 4.78 is 5.73. The zero-order valence-corrected chi connectivity index (χ0v) is 16.9. The first-order valence-electron chi connectivity index (χ1n) is 8.72. The Kier molecular flexibility index (Phi) is 6.73. The maximum Gasteiger partial charge on any atom is 0.312 e. The van der Waals surface area contributed by atoms with Crippen molar-refractivity contribution < 1.29 is 9.53 Å². The van der Waals surface area contributed by atoms with Crippen LogP contribution in [0.2, 0.25) is 5.02 Å². The van der Waals surface area contributed by atoms with E-state index in [9.17, 15) is 4.79 Å². The minimum Gasteiger partial charge on any atom is -0.435 e. The Balaban J connectivity index is 1.66. The Bertz CT molecular complexity index is 1000. The fourth-order valence-corrected chi connectivity index (χ4v) is 3.67. The highest BCUT2D eigenvalue weighted by Crippen LogP contribution is 2.31. The predicted molar refractivity (Wildman–Crippen MR) is 114 cm³/mol. The van der Waals surface area contributed by atoms with Gasteiger partial charge in [-0.05, 0) is 49.4 Å². The summed E-state index contributed by atoms with van der Waals surface area (Å²) in [5.74, 6) is -0.295. The number of hydrogen-bond donors (Lipinski definition) is 0. The molecule has 0 atom stereocenters. The van der Waals surface area contributed by atoms with Crippen molar-refractivity contribution in [2.45, 2.75) is 13.3 Å². The van der Waals surface area contributed by atoms with Gasteiger partial charge in [0.15, 0.2) is 0 Å². The van der Waals surface area contributed by atoms with Gasteiger partial charge in [0.2, 0.25) is 5.13 Å². The zero-order chi connectivity index (χ0) is 19.9. The molecule has 2 aromatic carbocycles. The van der Waals surface area contributed by atoms with E-state index in [0.717, 1.165) is 34.4 Å². The van der Waals surface area contributed by atoms with E-state index in [4.69, 9.17) is 16.3 Å². The van der Waals surface area contributed by atoms with Gasteiger partial charge in [0.1, 0.15) is 0 Å². The van der Waals surface area contributed by atoms with E-state index in [1.165, 1.54) is 11.3 Å². The molecule has 6 nitrogen and oxygen atoms in total. The molecule has 144 valence electrons. The van der Waals surface area contributed by atoms with E-state index in [1.807, 2.05) is 43.3 Å². The minimum absolute atomic E-state index is 0.295. The van der Waals surface area contributed by atoms with Crippen molar-refractivity contribution in [2.24, 2.45) is 10.2 Å². The van der Waals surface area contributed by atoms with Gasteiger partial charge < -0.3 is 9.64 Å². The van der Waals surface area contributed by atoms with Crippen LogP contribution in [0.3, 0.4) is 0 Å². The van der Waals surface area contributed by atoms with Gasteiger partial charge in [-0.25, -0.2) is 4.98 Å². The third-order valence-electron chi connectivity index (χ3n) is 3.99. The van der Waals surface area contributed by atoms with Gasteiger partial charge in [0.05, 0.1) is 28.6 Å². The number of aromatic nitrogens is 1. The van der Waals surface area contributed by atoms with Crippen molar-refractivity contribution in [2.75, 3.05) is 18.0 Å².